The van der Waals surface area contributed by atoms with Crippen molar-refractivity contribution in [1.82, 2.24) is 9.88 Å². The molecule has 1 aromatic carbocycles. The molecule has 0 aliphatic heterocycles. The second-order valence-corrected chi connectivity index (χ2v) is 7.64. The van der Waals surface area contributed by atoms with E-state index in [9.17, 15) is 0 Å². The van der Waals surface area contributed by atoms with E-state index in [1.165, 1.54) is 4.88 Å². The van der Waals surface area contributed by atoms with Gasteiger partial charge in [0.2, 0.25) is 0 Å². The van der Waals surface area contributed by atoms with Gasteiger partial charge in [-0.15, -0.1) is 29.3 Å². The topological polar surface area (TPSA) is 34.6 Å². The quantitative estimate of drug-likeness (QED) is 0.481. The molecule has 0 saturated heterocycles. The van der Waals surface area contributed by atoms with E-state index in [1.807, 2.05) is 24.3 Å². The summed E-state index contributed by atoms with van der Waals surface area (Å²) in [6.07, 6.45) is 1.94. The summed E-state index contributed by atoms with van der Waals surface area (Å²) in [5, 5.41) is 5.18. The molecule has 6 heteroatoms. The maximum Gasteiger partial charge on any atom is 0.132 e. The van der Waals surface area contributed by atoms with Crippen molar-refractivity contribution in [1.29, 1.82) is 0 Å². The summed E-state index contributed by atoms with van der Waals surface area (Å²) >= 11 is 3.41. The van der Waals surface area contributed by atoms with E-state index in [1.54, 1.807) is 36.9 Å². The van der Waals surface area contributed by atoms with Gasteiger partial charge in [-0.1, -0.05) is 12.1 Å². The first kappa shape index (κ1) is 18.6. The van der Waals surface area contributed by atoms with Gasteiger partial charge in [-0.2, -0.15) is 0 Å². The third-order valence-corrected chi connectivity index (χ3v) is 5.71. The molecule has 3 rings (SSSR count). The minimum Gasteiger partial charge on any atom is -0.497 e. The number of nitrogens with zero attached hydrogens (tertiary/aromatic N) is 2. The molecule has 0 fully saturated rings. The monoisotopic (exact) mass is 386 g/mol. The molecule has 3 aromatic rings. The summed E-state index contributed by atoms with van der Waals surface area (Å²) in [4.78, 5) is 8.50. The summed E-state index contributed by atoms with van der Waals surface area (Å²) in [6.45, 7) is 6.40. The van der Waals surface area contributed by atoms with Crippen LogP contribution in [-0.2, 0) is 13.1 Å². The zero-order valence-corrected chi connectivity index (χ0v) is 16.6. The van der Waals surface area contributed by atoms with Gasteiger partial charge in [-0.05, 0) is 23.6 Å². The van der Waals surface area contributed by atoms with E-state index in [0.717, 1.165) is 47.4 Å². The normalized spacial score (nSPS) is 10.9. The highest BCUT2D eigenvalue weighted by Crippen LogP contribution is 2.35. The summed E-state index contributed by atoms with van der Waals surface area (Å²) < 4.78 is 10.8. The van der Waals surface area contributed by atoms with Crippen molar-refractivity contribution in [2.45, 2.75) is 13.1 Å². The second kappa shape index (κ2) is 8.98. The molecule has 4 nitrogen and oxygen atoms in total. The Balaban J connectivity index is 1.77. The Morgan fingerprint density at radius 2 is 2.04 bits per heavy atom. The van der Waals surface area contributed by atoms with Gasteiger partial charge >= 0.3 is 0 Å². The van der Waals surface area contributed by atoms with Gasteiger partial charge in [-0.3, -0.25) is 4.90 Å². The molecule has 0 radical (unpaired) electrons. The van der Waals surface area contributed by atoms with Crippen molar-refractivity contribution in [3.63, 3.8) is 0 Å². The average molecular weight is 387 g/mol. The van der Waals surface area contributed by atoms with E-state index >= 15 is 0 Å². The third kappa shape index (κ3) is 4.52. The van der Waals surface area contributed by atoms with Gasteiger partial charge in [0.25, 0.3) is 0 Å². The van der Waals surface area contributed by atoms with E-state index in [-0.39, 0.29) is 0 Å². The maximum atomic E-state index is 5.51. The van der Waals surface area contributed by atoms with Crippen LogP contribution in [0.2, 0.25) is 0 Å². The number of methoxy groups -OCH3 is 2. The third-order valence-electron chi connectivity index (χ3n) is 3.92. The van der Waals surface area contributed by atoms with Crippen LogP contribution >= 0.6 is 22.7 Å². The number of hydrogen-bond acceptors (Lipinski definition) is 6. The van der Waals surface area contributed by atoms with Gasteiger partial charge in [0, 0.05) is 36.0 Å². The van der Waals surface area contributed by atoms with Crippen LogP contribution in [-0.4, -0.2) is 30.6 Å². The Labute approximate surface area is 162 Å². The Hall–Kier alpha value is -2.15. The Bertz CT molecular complexity index is 843. The highest BCUT2D eigenvalue weighted by molar-refractivity contribution is 7.13. The van der Waals surface area contributed by atoms with E-state index < -0.39 is 0 Å². The van der Waals surface area contributed by atoms with E-state index in [0.29, 0.717) is 0 Å². The van der Waals surface area contributed by atoms with Gasteiger partial charge < -0.3 is 9.47 Å². The van der Waals surface area contributed by atoms with Crippen LogP contribution in [0, 0.1) is 0 Å². The minimum atomic E-state index is 0.770. The fourth-order valence-electron chi connectivity index (χ4n) is 2.70. The van der Waals surface area contributed by atoms with Gasteiger partial charge in [-0.25, -0.2) is 4.98 Å². The van der Waals surface area contributed by atoms with Crippen LogP contribution in [0.4, 0.5) is 0 Å². The first-order valence-electron chi connectivity index (χ1n) is 8.26. The fraction of sp³-hybridized carbons (Fsp3) is 0.250. The predicted octanol–water partition coefficient (Wildman–Crippen LogP) is 5.08. The van der Waals surface area contributed by atoms with Crippen molar-refractivity contribution >= 4 is 22.7 Å². The van der Waals surface area contributed by atoms with Crippen molar-refractivity contribution in [3.05, 3.63) is 64.3 Å². The van der Waals surface area contributed by atoms with Gasteiger partial charge in [0.05, 0.1) is 25.5 Å². The molecule has 136 valence electrons. The first-order valence-corrected chi connectivity index (χ1v) is 10.0. The summed E-state index contributed by atoms with van der Waals surface area (Å²) in [6, 6.07) is 10.1. The molecule has 0 saturated carbocycles. The van der Waals surface area contributed by atoms with Crippen LogP contribution in [0.25, 0.3) is 10.6 Å². The number of thiophene rings is 1. The van der Waals surface area contributed by atoms with Gasteiger partial charge in [0.1, 0.15) is 16.5 Å². The number of aromatic nitrogens is 1. The molecular weight excluding hydrogens is 364 g/mol. The van der Waals surface area contributed by atoms with Crippen molar-refractivity contribution in [2.24, 2.45) is 0 Å². The highest BCUT2D eigenvalue weighted by Gasteiger charge is 2.14. The molecule has 0 unspecified atom stereocenters. The molecular formula is C20H22N2O2S2. The Morgan fingerprint density at radius 1 is 1.15 bits per heavy atom. The number of benzene rings is 1. The Kier molecular flexibility index (Phi) is 6.44. The fourth-order valence-corrected chi connectivity index (χ4v) is 4.28. The van der Waals surface area contributed by atoms with Crippen LogP contribution in [0.5, 0.6) is 11.5 Å². The van der Waals surface area contributed by atoms with E-state index in [2.05, 4.69) is 34.4 Å². The molecule has 0 spiro atoms. The predicted molar refractivity (Wildman–Crippen MR) is 109 cm³/mol. The largest absolute Gasteiger partial charge is 0.497 e. The number of ether oxygens (including phenoxy) is 2. The highest BCUT2D eigenvalue weighted by atomic mass is 32.1. The smallest absolute Gasteiger partial charge is 0.132 e. The first-order chi connectivity index (χ1) is 12.7. The molecule has 2 aromatic heterocycles. The lowest BCUT2D eigenvalue weighted by molar-refractivity contribution is 0.286. The minimum absolute atomic E-state index is 0.770. The average Bonchev–Trinajstić information content (AvgIpc) is 3.33. The van der Waals surface area contributed by atoms with Crippen molar-refractivity contribution < 1.29 is 9.47 Å². The molecule has 0 bridgehead atoms. The van der Waals surface area contributed by atoms with Crippen LogP contribution in [0.15, 0.2) is 53.7 Å². The van der Waals surface area contributed by atoms with Crippen LogP contribution < -0.4 is 9.47 Å². The molecule has 0 aliphatic rings. The van der Waals surface area contributed by atoms with Crippen LogP contribution in [0.3, 0.4) is 0 Å². The van der Waals surface area contributed by atoms with Crippen molar-refractivity contribution in [2.75, 3.05) is 20.8 Å². The molecule has 0 amide bonds. The summed E-state index contributed by atoms with van der Waals surface area (Å²) in [5.41, 5.74) is 2.04. The Morgan fingerprint density at radius 3 is 2.73 bits per heavy atom. The van der Waals surface area contributed by atoms with E-state index in [4.69, 9.17) is 14.5 Å². The number of rotatable bonds is 9. The molecule has 0 aliphatic carbocycles. The molecule has 26 heavy (non-hydrogen) atoms. The summed E-state index contributed by atoms with van der Waals surface area (Å²) in [7, 11) is 3.32. The lowest BCUT2D eigenvalue weighted by Gasteiger charge is -2.18. The SMILES string of the molecule is C=CCN(Cc1csc(-c2ccc(OC)cc2OC)n1)Cc1cccs1. The maximum absolute atomic E-state index is 5.51. The van der Waals surface area contributed by atoms with Crippen molar-refractivity contribution in [3.8, 4) is 22.1 Å². The summed E-state index contributed by atoms with van der Waals surface area (Å²) in [5.74, 6) is 1.54. The zero-order chi connectivity index (χ0) is 18.4. The molecule has 0 N–H and O–H groups in total. The lowest BCUT2D eigenvalue weighted by Crippen LogP contribution is -2.22. The second-order valence-electron chi connectivity index (χ2n) is 5.75. The zero-order valence-electron chi connectivity index (χ0n) is 15.0. The molecule has 2 heterocycles. The number of hydrogen-bond donors (Lipinski definition) is 0. The number of thiazole rings is 1. The standard InChI is InChI=1S/C20H22N2O2S2/c1-4-9-22(13-17-6-5-10-25-17)12-15-14-26-20(21-15)18-8-7-16(23-2)11-19(18)24-3/h4-8,10-11,14H,1,9,12-13H2,2-3H3. The van der Waals surface area contributed by atoms with Crippen LogP contribution in [0.1, 0.15) is 10.6 Å². The van der Waals surface area contributed by atoms with Gasteiger partial charge in [0.15, 0.2) is 0 Å². The molecule has 0 atom stereocenters. The lowest BCUT2D eigenvalue weighted by atomic mass is 10.2.